The molecule has 8 nitrogen and oxygen atoms in total. The van der Waals surface area contributed by atoms with Crippen molar-refractivity contribution in [3.63, 3.8) is 0 Å². The van der Waals surface area contributed by atoms with E-state index in [9.17, 15) is 4.79 Å². The minimum Gasteiger partial charge on any atom is -0.379 e. The van der Waals surface area contributed by atoms with E-state index < -0.39 is 0 Å². The van der Waals surface area contributed by atoms with E-state index >= 15 is 0 Å². The first-order valence-electron chi connectivity index (χ1n) is 10.3. The van der Waals surface area contributed by atoms with E-state index in [-0.39, 0.29) is 12.1 Å². The van der Waals surface area contributed by atoms with Crippen molar-refractivity contribution in [3.8, 4) is 0 Å². The third-order valence-corrected chi connectivity index (χ3v) is 5.26. The van der Waals surface area contributed by atoms with Gasteiger partial charge in [-0.2, -0.15) is 5.10 Å². The molecule has 2 aliphatic rings. The van der Waals surface area contributed by atoms with Crippen LogP contribution in [0.3, 0.4) is 0 Å². The summed E-state index contributed by atoms with van der Waals surface area (Å²) < 4.78 is 12.8. The molecule has 1 unspecified atom stereocenters. The Hall–Kier alpha value is -2.42. The van der Waals surface area contributed by atoms with Crippen molar-refractivity contribution < 1.29 is 14.3 Å². The number of carbonyl (C=O) groups is 1. The van der Waals surface area contributed by atoms with E-state index in [2.05, 4.69) is 32.8 Å². The Kier molecular flexibility index (Phi) is 6.76. The average Bonchev–Trinajstić information content (AvgIpc) is 3.40. The van der Waals surface area contributed by atoms with E-state index in [1.54, 1.807) is 6.20 Å². The summed E-state index contributed by atoms with van der Waals surface area (Å²) in [6.07, 6.45) is 5.89. The van der Waals surface area contributed by atoms with Crippen LogP contribution in [0.1, 0.15) is 24.0 Å². The molecule has 1 aromatic heterocycles. The van der Waals surface area contributed by atoms with E-state index in [4.69, 9.17) is 9.47 Å². The number of urea groups is 1. The smallest absolute Gasteiger partial charge is 0.319 e. The van der Waals surface area contributed by atoms with Gasteiger partial charge >= 0.3 is 6.03 Å². The summed E-state index contributed by atoms with van der Waals surface area (Å²) in [5.74, 6) is 0. The number of rotatable bonds is 7. The molecule has 1 atom stereocenters. The van der Waals surface area contributed by atoms with Gasteiger partial charge in [0.2, 0.25) is 0 Å². The molecule has 1 aromatic carbocycles. The van der Waals surface area contributed by atoms with Crippen molar-refractivity contribution in [2.45, 2.75) is 38.6 Å². The molecule has 8 heteroatoms. The molecule has 3 heterocycles. The Morgan fingerprint density at radius 3 is 2.90 bits per heavy atom. The lowest BCUT2D eigenvalue weighted by molar-refractivity contribution is 0.0342. The van der Waals surface area contributed by atoms with Crippen LogP contribution in [0.2, 0.25) is 0 Å². The number of hydrogen-bond acceptors (Lipinski definition) is 5. The molecule has 0 bridgehead atoms. The standard InChI is InChI=1S/C21H29N5O3/c27-21(24-19-13-23-26(15-19)16-20-5-2-8-29-20)22-12-17-3-1-4-18(11-17)14-25-6-9-28-10-7-25/h1,3-4,11,13,15,20H,2,5-10,12,14,16H2,(H2,22,24,27). The van der Waals surface area contributed by atoms with Crippen LogP contribution in [0.25, 0.3) is 0 Å². The number of carbonyl (C=O) groups excluding carboxylic acids is 1. The van der Waals surface area contributed by atoms with Crippen LogP contribution in [0.4, 0.5) is 10.5 Å². The zero-order valence-corrected chi connectivity index (χ0v) is 16.7. The largest absolute Gasteiger partial charge is 0.379 e. The van der Waals surface area contributed by atoms with Gasteiger partial charge in [0, 0.05) is 39.0 Å². The molecule has 2 aliphatic heterocycles. The summed E-state index contributed by atoms with van der Waals surface area (Å²) in [7, 11) is 0. The highest BCUT2D eigenvalue weighted by molar-refractivity contribution is 5.88. The Morgan fingerprint density at radius 1 is 1.21 bits per heavy atom. The second-order valence-electron chi connectivity index (χ2n) is 7.60. The second kappa shape index (κ2) is 9.87. The first kappa shape index (κ1) is 19.9. The maximum Gasteiger partial charge on any atom is 0.319 e. The molecular formula is C21H29N5O3. The number of ether oxygens (including phenoxy) is 2. The fourth-order valence-electron chi connectivity index (χ4n) is 3.74. The third kappa shape index (κ3) is 6.03. The third-order valence-electron chi connectivity index (χ3n) is 5.26. The first-order valence-corrected chi connectivity index (χ1v) is 10.3. The van der Waals surface area contributed by atoms with Gasteiger partial charge in [0.25, 0.3) is 0 Å². The molecule has 2 fully saturated rings. The highest BCUT2D eigenvalue weighted by Crippen LogP contribution is 2.15. The fraction of sp³-hybridized carbons (Fsp3) is 0.524. The zero-order chi connectivity index (χ0) is 19.9. The van der Waals surface area contributed by atoms with Crippen LogP contribution in [-0.2, 0) is 29.1 Å². The van der Waals surface area contributed by atoms with E-state index in [0.29, 0.717) is 12.2 Å². The fourth-order valence-corrected chi connectivity index (χ4v) is 3.74. The van der Waals surface area contributed by atoms with Gasteiger partial charge in [-0.3, -0.25) is 9.58 Å². The van der Waals surface area contributed by atoms with Gasteiger partial charge in [-0.15, -0.1) is 0 Å². The van der Waals surface area contributed by atoms with Crippen LogP contribution in [0, 0.1) is 0 Å². The monoisotopic (exact) mass is 399 g/mol. The first-order chi connectivity index (χ1) is 14.2. The van der Waals surface area contributed by atoms with Crippen LogP contribution >= 0.6 is 0 Å². The van der Waals surface area contributed by atoms with Gasteiger partial charge < -0.3 is 20.1 Å². The summed E-state index contributed by atoms with van der Waals surface area (Å²) >= 11 is 0. The maximum absolute atomic E-state index is 12.2. The quantitative estimate of drug-likeness (QED) is 0.746. The summed E-state index contributed by atoms with van der Waals surface area (Å²) in [5.41, 5.74) is 3.02. The topological polar surface area (TPSA) is 80.7 Å². The van der Waals surface area contributed by atoms with Gasteiger partial charge in [-0.25, -0.2) is 4.79 Å². The highest BCUT2D eigenvalue weighted by atomic mass is 16.5. The number of aromatic nitrogens is 2. The van der Waals surface area contributed by atoms with Crippen LogP contribution in [0.15, 0.2) is 36.7 Å². The van der Waals surface area contributed by atoms with Crippen LogP contribution in [0.5, 0.6) is 0 Å². The average molecular weight is 399 g/mol. The van der Waals surface area contributed by atoms with E-state index in [0.717, 1.165) is 64.4 Å². The normalized spacial score (nSPS) is 19.9. The summed E-state index contributed by atoms with van der Waals surface area (Å²) in [6.45, 7) is 6.46. The Morgan fingerprint density at radius 2 is 2.07 bits per heavy atom. The predicted molar refractivity (Wildman–Crippen MR) is 110 cm³/mol. The molecule has 2 aromatic rings. The SMILES string of the molecule is O=C(NCc1cccc(CN2CCOCC2)c1)Nc1cnn(CC2CCCO2)c1. The molecule has 2 N–H and O–H groups in total. The lowest BCUT2D eigenvalue weighted by Gasteiger charge is -2.26. The van der Waals surface area contributed by atoms with Crippen LogP contribution in [-0.4, -0.2) is 59.7 Å². The molecule has 2 amide bonds. The number of amides is 2. The Balaban J connectivity index is 1.23. The molecule has 2 saturated heterocycles. The van der Waals surface area contributed by atoms with Crippen molar-refractivity contribution in [1.82, 2.24) is 20.0 Å². The molecule has 0 radical (unpaired) electrons. The number of nitrogens with one attached hydrogen (secondary N) is 2. The van der Waals surface area contributed by atoms with Crippen molar-refractivity contribution in [2.75, 3.05) is 38.2 Å². The summed E-state index contributed by atoms with van der Waals surface area (Å²) in [4.78, 5) is 14.6. The van der Waals surface area contributed by atoms with E-state index in [1.165, 1.54) is 5.56 Å². The molecular weight excluding hydrogens is 370 g/mol. The lowest BCUT2D eigenvalue weighted by Crippen LogP contribution is -2.35. The van der Waals surface area contributed by atoms with Gasteiger partial charge in [0.15, 0.2) is 0 Å². The number of nitrogens with zero attached hydrogens (tertiary/aromatic N) is 3. The molecule has 29 heavy (non-hydrogen) atoms. The molecule has 0 saturated carbocycles. The predicted octanol–water partition coefficient (Wildman–Crippen LogP) is 2.22. The van der Waals surface area contributed by atoms with Gasteiger partial charge in [-0.05, 0) is 24.0 Å². The Bertz CT molecular complexity index is 797. The van der Waals surface area contributed by atoms with Gasteiger partial charge in [0.1, 0.15) is 0 Å². The maximum atomic E-state index is 12.2. The van der Waals surface area contributed by atoms with E-state index in [1.807, 2.05) is 23.0 Å². The van der Waals surface area contributed by atoms with Crippen molar-refractivity contribution in [1.29, 1.82) is 0 Å². The van der Waals surface area contributed by atoms with Crippen molar-refractivity contribution >= 4 is 11.7 Å². The summed E-state index contributed by atoms with van der Waals surface area (Å²) in [6, 6.07) is 8.11. The zero-order valence-electron chi connectivity index (χ0n) is 16.7. The summed E-state index contributed by atoms with van der Waals surface area (Å²) in [5, 5.41) is 10.1. The number of morpholine rings is 1. The number of benzene rings is 1. The number of anilines is 1. The molecule has 156 valence electrons. The van der Waals surface area contributed by atoms with Crippen LogP contribution < -0.4 is 10.6 Å². The minimum atomic E-state index is -0.236. The number of hydrogen-bond donors (Lipinski definition) is 2. The van der Waals surface area contributed by atoms with Gasteiger partial charge in [0.05, 0.1) is 37.7 Å². The minimum absolute atomic E-state index is 0.223. The molecule has 4 rings (SSSR count). The van der Waals surface area contributed by atoms with Gasteiger partial charge in [-0.1, -0.05) is 24.3 Å². The van der Waals surface area contributed by atoms with Crippen molar-refractivity contribution in [2.24, 2.45) is 0 Å². The Labute approximate surface area is 171 Å². The lowest BCUT2D eigenvalue weighted by atomic mass is 10.1. The molecule has 0 spiro atoms. The second-order valence-corrected chi connectivity index (χ2v) is 7.60. The molecule has 0 aliphatic carbocycles. The van der Waals surface area contributed by atoms with Crippen molar-refractivity contribution in [3.05, 3.63) is 47.8 Å². The highest BCUT2D eigenvalue weighted by Gasteiger charge is 2.16.